The molecule has 6 heteroatoms. The average Bonchev–Trinajstić information content (AvgIpc) is 3.12. The maximum absolute atomic E-state index is 12.7. The lowest BCUT2D eigenvalue weighted by Gasteiger charge is -2.33. The van der Waals surface area contributed by atoms with Crippen LogP contribution in [-0.4, -0.2) is 66.1 Å². The molecule has 0 radical (unpaired) electrons. The molecule has 6 nitrogen and oxygen atoms in total. The van der Waals surface area contributed by atoms with Crippen molar-refractivity contribution in [3.8, 4) is 5.75 Å². The lowest BCUT2D eigenvalue weighted by molar-refractivity contribution is -0.126. The molecule has 1 atom stereocenters. The quantitative estimate of drug-likeness (QED) is 0.635. The van der Waals surface area contributed by atoms with Crippen LogP contribution in [0.4, 0.5) is 0 Å². The summed E-state index contributed by atoms with van der Waals surface area (Å²) in [7, 11) is 3.81. The van der Waals surface area contributed by atoms with Gasteiger partial charge in [-0.2, -0.15) is 0 Å². The normalized spacial score (nSPS) is 21.2. The number of fused-ring (bicyclic) bond motifs is 1. The molecule has 1 aromatic carbocycles. The summed E-state index contributed by atoms with van der Waals surface area (Å²) in [6.45, 7) is 8.34. The number of methoxy groups -OCH3 is 1. The van der Waals surface area contributed by atoms with Crippen LogP contribution in [0.5, 0.6) is 5.75 Å². The van der Waals surface area contributed by atoms with E-state index >= 15 is 0 Å². The minimum atomic E-state index is 0.160. The highest BCUT2D eigenvalue weighted by atomic mass is 16.5. The Balaban J connectivity index is 1.21. The summed E-state index contributed by atoms with van der Waals surface area (Å²) in [5.41, 5.74) is 2.56. The highest BCUT2D eigenvalue weighted by molar-refractivity contribution is 5.85. The molecular formula is C26H40N4O2. The Morgan fingerprint density at radius 2 is 1.97 bits per heavy atom. The molecule has 1 amide bonds. The Kier molecular flexibility index (Phi) is 7.74. The van der Waals surface area contributed by atoms with Crippen LogP contribution in [0.25, 0.3) is 10.9 Å². The molecule has 2 aliphatic rings. The zero-order chi connectivity index (χ0) is 22.5. The van der Waals surface area contributed by atoms with Gasteiger partial charge in [0, 0.05) is 55.7 Å². The number of nitrogens with one attached hydrogen (secondary N) is 1. The number of piperidine rings is 2. The number of likely N-dealkylation sites (tertiary alicyclic amines) is 2. The monoisotopic (exact) mass is 440 g/mol. The first-order valence-corrected chi connectivity index (χ1v) is 12.4. The summed E-state index contributed by atoms with van der Waals surface area (Å²) in [5, 5.41) is 4.47. The van der Waals surface area contributed by atoms with Gasteiger partial charge < -0.3 is 19.5 Å². The molecule has 4 rings (SSSR count). The third-order valence-electron chi connectivity index (χ3n) is 7.49. The highest BCUT2D eigenvalue weighted by Crippen LogP contribution is 2.28. The average molecular weight is 441 g/mol. The zero-order valence-corrected chi connectivity index (χ0v) is 20.1. The first-order valence-electron chi connectivity index (χ1n) is 12.4. The fourth-order valence-corrected chi connectivity index (χ4v) is 5.43. The number of aryl methyl sites for hydroxylation is 1. The summed E-state index contributed by atoms with van der Waals surface area (Å²) in [5.74, 6) is 1.31. The minimum Gasteiger partial charge on any atom is -0.497 e. The van der Waals surface area contributed by atoms with E-state index in [0.717, 1.165) is 57.7 Å². The molecular weight excluding hydrogens is 400 g/mol. The van der Waals surface area contributed by atoms with Gasteiger partial charge in [0.2, 0.25) is 5.91 Å². The molecule has 176 valence electrons. The van der Waals surface area contributed by atoms with Gasteiger partial charge in [-0.15, -0.1) is 0 Å². The minimum absolute atomic E-state index is 0.160. The van der Waals surface area contributed by atoms with Gasteiger partial charge in [0.05, 0.1) is 7.11 Å². The van der Waals surface area contributed by atoms with Crippen molar-refractivity contribution in [2.75, 3.05) is 39.8 Å². The molecule has 2 aromatic rings. The fourth-order valence-electron chi connectivity index (χ4n) is 5.43. The van der Waals surface area contributed by atoms with Gasteiger partial charge in [0.15, 0.2) is 0 Å². The Labute approximate surface area is 192 Å². The largest absolute Gasteiger partial charge is 0.497 e. The number of nitrogens with zero attached hydrogens (tertiary/aromatic N) is 3. The van der Waals surface area contributed by atoms with E-state index < -0.39 is 0 Å². The van der Waals surface area contributed by atoms with Crippen LogP contribution >= 0.6 is 0 Å². The van der Waals surface area contributed by atoms with Gasteiger partial charge in [-0.3, -0.25) is 9.69 Å². The van der Waals surface area contributed by atoms with E-state index in [4.69, 9.17) is 4.74 Å². The zero-order valence-electron chi connectivity index (χ0n) is 20.1. The van der Waals surface area contributed by atoms with E-state index in [2.05, 4.69) is 52.0 Å². The molecule has 3 heterocycles. The molecule has 1 N–H and O–H groups in total. The molecule has 0 bridgehead atoms. The predicted octanol–water partition coefficient (Wildman–Crippen LogP) is 3.78. The van der Waals surface area contributed by atoms with Crippen molar-refractivity contribution in [2.24, 2.45) is 13.0 Å². The Morgan fingerprint density at radius 3 is 2.72 bits per heavy atom. The van der Waals surface area contributed by atoms with Crippen LogP contribution in [-0.2, 0) is 18.4 Å². The summed E-state index contributed by atoms with van der Waals surface area (Å²) in [6.07, 6.45) is 9.18. The molecule has 2 saturated heterocycles. The first kappa shape index (κ1) is 23.1. The third-order valence-corrected chi connectivity index (χ3v) is 7.49. The Bertz CT molecular complexity index is 901. The van der Waals surface area contributed by atoms with Gasteiger partial charge in [0.25, 0.3) is 0 Å². The molecule has 0 spiro atoms. The van der Waals surface area contributed by atoms with Gasteiger partial charge in [-0.1, -0.05) is 6.42 Å². The summed E-state index contributed by atoms with van der Waals surface area (Å²) in [6, 6.07) is 6.98. The van der Waals surface area contributed by atoms with Gasteiger partial charge >= 0.3 is 0 Å². The van der Waals surface area contributed by atoms with E-state index in [0.29, 0.717) is 6.04 Å². The van der Waals surface area contributed by atoms with E-state index in [1.807, 2.05) is 6.07 Å². The number of carbonyl (C=O) groups is 1. The fraction of sp³-hybridized carbons (Fsp3) is 0.654. The van der Waals surface area contributed by atoms with Crippen molar-refractivity contribution < 1.29 is 9.53 Å². The van der Waals surface area contributed by atoms with Gasteiger partial charge in [-0.25, -0.2) is 0 Å². The standard InChI is InChI=1S/C26H40N4O2/c1-20-7-4-5-13-30(20)14-6-12-27-26(31)21-10-15-29(16-11-21)19-22-18-28(2)25-9-8-23(32-3)17-24(22)25/h8-9,17-18,20-21H,4-7,10-16,19H2,1-3H3,(H,27,31)/t20-/m1/s1. The molecule has 0 unspecified atom stereocenters. The molecule has 2 fully saturated rings. The molecule has 32 heavy (non-hydrogen) atoms. The van der Waals surface area contributed by atoms with Crippen LogP contribution in [0.2, 0.25) is 0 Å². The molecule has 2 aliphatic heterocycles. The number of rotatable bonds is 8. The molecule has 0 aliphatic carbocycles. The van der Waals surface area contributed by atoms with Crippen LogP contribution < -0.4 is 10.1 Å². The second-order valence-corrected chi connectivity index (χ2v) is 9.72. The van der Waals surface area contributed by atoms with Crippen LogP contribution in [0.1, 0.15) is 51.0 Å². The van der Waals surface area contributed by atoms with Crippen LogP contribution in [0, 0.1) is 5.92 Å². The molecule has 0 saturated carbocycles. The van der Waals surface area contributed by atoms with Crippen LogP contribution in [0.3, 0.4) is 0 Å². The lowest BCUT2D eigenvalue weighted by atomic mass is 9.95. The SMILES string of the molecule is COc1ccc2c(c1)c(CN1CCC(C(=O)NCCCN3CCCC[C@H]3C)CC1)cn2C. The second kappa shape index (κ2) is 10.7. The third kappa shape index (κ3) is 5.46. The predicted molar refractivity (Wildman–Crippen MR) is 130 cm³/mol. The van der Waals surface area contributed by atoms with Crippen molar-refractivity contribution in [3.05, 3.63) is 30.0 Å². The maximum atomic E-state index is 12.7. The summed E-state index contributed by atoms with van der Waals surface area (Å²) >= 11 is 0. The number of hydrogen-bond donors (Lipinski definition) is 1. The maximum Gasteiger partial charge on any atom is 0.223 e. The first-order chi connectivity index (χ1) is 15.5. The number of amides is 1. The van der Waals surface area contributed by atoms with Gasteiger partial charge in [0.1, 0.15) is 5.75 Å². The van der Waals surface area contributed by atoms with Gasteiger partial charge in [-0.05, 0) is 82.4 Å². The van der Waals surface area contributed by atoms with Crippen molar-refractivity contribution in [3.63, 3.8) is 0 Å². The Morgan fingerprint density at radius 1 is 1.16 bits per heavy atom. The van der Waals surface area contributed by atoms with Crippen molar-refractivity contribution in [1.82, 2.24) is 19.7 Å². The van der Waals surface area contributed by atoms with Crippen molar-refractivity contribution in [1.29, 1.82) is 0 Å². The molecule has 1 aromatic heterocycles. The summed E-state index contributed by atoms with van der Waals surface area (Å²) in [4.78, 5) is 17.7. The van der Waals surface area contributed by atoms with E-state index in [1.54, 1.807) is 7.11 Å². The number of benzene rings is 1. The smallest absolute Gasteiger partial charge is 0.223 e. The van der Waals surface area contributed by atoms with Crippen molar-refractivity contribution >= 4 is 16.8 Å². The summed E-state index contributed by atoms with van der Waals surface area (Å²) < 4.78 is 7.62. The van der Waals surface area contributed by atoms with E-state index in [9.17, 15) is 4.79 Å². The second-order valence-electron chi connectivity index (χ2n) is 9.72. The van der Waals surface area contributed by atoms with Crippen LogP contribution in [0.15, 0.2) is 24.4 Å². The van der Waals surface area contributed by atoms with E-state index in [-0.39, 0.29) is 11.8 Å². The van der Waals surface area contributed by atoms with Crippen molar-refractivity contribution in [2.45, 2.75) is 58.0 Å². The Hall–Kier alpha value is -2.05. The topological polar surface area (TPSA) is 49.7 Å². The number of carbonyl (C=O) groups excluding carboxylic acids is 1. The lowest BCUT2D eigenvalue weighted by Crippen LogP contribution is -2.42. The number of aromatic nitrogens is 1. The number of hydrogen-bond acceptors (Lipinski definition) is 4. The van der Waals surface area contributed by atoms with E-state index in [1.165, 1.54) is 42.3 Å². The highest BCUT2D eigenvalue weighted by Gasteiger charge is 2.25. The number of ether oxygens (including phenoxy) is 1.